The molecule has 25 heavy (non-hydrogen) atoms. The number of hydrogen-bond acceptors (Lipinski definition) is 3. The molecule has 4 saturated carbocycles. The molecular formula is C18H30N4O3. The molecule has 4 bridgehead atoms. The summed E-state index contributed by atoms with van der Waals surface area (Å²) >= 11 is 0. The Balaban J connectivity index is 1.49. The van der Waals surface area contributed by atoms with Gasteiger partial charge in [-0.3, -0.25) is 15.0 Å². The van der Waals surface area contributed by atoms with Crippen molar-refractivity contribution < 1.29 is 14.4 Å². The zero-order chi connectivity index (χ0) is 18.0. The van der Waals surface area contributed by atoms with Crippen molar-refractivity contribution in [2.24, 2.45) is 23.2 Å². The summed E-state index contributed by atoms with van der Waals surface area (Å²) < 4.78 is 0. The van der Waals surface area contributed by atoms with Gasteiger partial charge in [0.25, 0.3) is 5.91 Å². The van der Waals surface area contributed by atoms with Crippen molar-refractivity contribution in [3.63, 3.8) is 0 Å². The van der Waals surface area contributed by atoms with Gasteiger partial charge in [-0.1, -0.05) is 6.92 Å². The highest BCUT2D eigenvalue weighted by molar-refractivity contribution is 5.91. The van der Waals surface area contributed by atoms with Gasteiger partial charge in [-0.15, -0.1) is 0 Å². The van der Waals surface area contributed by atoms with Crippen molar-refractivity contribution in [1.29, 1.82) is 0 Å². The van der Waals surface area contributed by atoms with Gasteiger partial charge in [0, 0.05) is 12.0 Å². The van der Waals surface area contributed by atoms with E-state index in [4.69, 9.17) is 0 Å². The number of hydrogen-bond donors (Lipinski definition) is 4. The largest absolute Gasteiger partial charge is 0.344 e. The molecular weight excluding hydrogens is 320 g/mol. The molecule has 1 atom stereocenters. The summed E-state index contributed by atoms with van der Waals surface area (Å²) in [6, 6.07) is -1.12. The van der Waals surface area contributed by atoms with Crippen LogP contribution in [0.4, 0.5) is 4.79 Å². The average molecular weight is 350 g/mol. The normalized spacial score (nSPS) is 33.4. The number of hydrazine groups is 1. The van der Waals surface area contributed by atoms with E-state index in [9.17, 15) is 14.4 Å². The van der Waals surface area contributed by atoms with Gasteiger partial charge in [-0.25, -0.2) is 10.2 Å². The summed E-state index contributed by atoms with van der Waals surface area (Å²) in [4.78, 5) is 36.5. The Hall–Kier alpha value is -1.79. The minimum Gasteiger partial charge on any atom is -0.344 e. The number of carbonyl (C=O) groups excluding carboxylic acids is 3. The molecule has 4 rings (SSSR count). The molecule has 0 aromatic carbocycles. The minimum absolute atomic E-state index is 0.0182. The zero-order valence-electron chi connectivity index (χ0n) is 15.2. The molecule has 4 N–H and O–H groups in total. The third-order valence-corrected chi connectivity index (χ3v) is 6.10. The maximum atomic E-state index is 12.9. The van der Waals surface area contributed by atoms with Crippen molar-refractivity contribution in [2.45, 2.75) is 64.8 Å². The summed E-state index contributed by atoms with van der Waals surface area (Å²) in [6.07, 6.45) is 7.56. The van der Waals surface area contributed by atoms with Crippen molar-refractivity contribution in [3.05, 3.63) is 0 Å². The first-order valence-electron chi connectivity index (χ1n) is 9.56. The Labute approximate surface area is 149 Å². The lowest BCUT2D eigenvalue weighted by Crippen LogP contribution is -2.58. The van der Waals surface area contributed by atoms with Gasteiger partial charge in [0.2, 0.25) is 5.91 Å². The summed E-state index contributed by atoms with van der Waals surface area (Å²) in [5.41, 5.74) is 4.39. The SMILES string of the molecule is CCCNC(=O)NNC(=O)[C@H](C)NC(=O)C12CC3CC(CC(C3)C1)C2. The lowest BCUT2D eigenvalue weighted by Gasteiger charge is -2.55. The Morgan fingerprint density at radius 2 is 1.56 bits per heavy atom. The molecule has 0 spiro atoms. The highest BCUT2D eigenvalue weighted by Gasteiger charge is 2.54. The first-order chi connectivity index (χ1) is 11.9. The molecule has 0 saturated heterocycles. The van der Waals surface area contributed by atoms with Crippen LogP contribution in [0.5, 0.6) is 0 Å². The molecule has 0 radical (unpaired) electrons. The van der Waals surface area contributed by atoms with Gasteiger partial charge in [0.15, 0.2) is 0 Å². The predicted octanol–water partition coefficient (Wildman–Crippen LogP) is 1.45. The van der Waals surface area contributed by atoms with Crippen molar-refractivity contribution >= 4 is 17.8 Å². The van der Waals surface area contributed by atoms with E-state index in [0.717, 1.165) is 25.7 Å². The summed E-state index contributed by atoms with van der Waals surface area (Å²) in [7, 11) is 0. The number of carbonyl (C=O) groups is 3. The molecule has 0 aromatic heterocycles. The van der Waals surface area contributed by atoms with Crippen LogP contribution in [0.2, 0.25) is 0 Å². The summed E-state index contributed by atoms with van der Waals surface area (Å²) in [5.74, 6) is 1.66. The predicted molar refractivity (Wildman–Crippen MR) is 93.2 cm³/mol. The number of amides is 4. The van der Waals surface area contributed by atoms with E-state index < -0.39 is 18.0 Å². The quantitative estimate of drug-likeness (QED) is 0.565. The van der Waals surface area contributed by atoms with Crippen LogP contribution in [0.1, 0.15) is 58.8 Å². The van der Waals surface area contributed by atoms with Crippen LogP contribution >= 0.6 is 0 Å². The van der Waals surface area contributed by atoms with Crippen LogP contribution < -0.4 is 21.5 Å². The summed E-state index contributed by atoms with van der Waals surface area (Å²) in [6.45, 7) is 4.14. The van der Waals surface area contributed by atoms with Crippen LogP contribution in [0.25, 0.3) is 0 Å². The lowest BCUT2D eigenvalue weighted by atomic mass is 9.49. The number of urea groups is 1. The maximum Gasteiger partial charge on any atom is 0.333 e. The molecule has 4 fully saturated rings. The highest BCUT2D eigenvalue weighted by Crippen LogP contribution is 2.60. The Kier molecular flexibility index (Phi) is 5.20. The van der Waals surface area contributed by atoms with E-state index in [0.29, 0.717) is 24.3 Å². The second kappa shape index (κ2) is 7.22. The first-order valence-corrected chi connectivity index (χ1v) is 9.56. The molecule has 140 valence electrons. The topological polar surface area (TPSA) is 99.3 Å². The van der Waals surface area contributed by atoms with Crippen LogP contribution in [0.15, 0.2) is 0 Å². The van der Waals surface area contributed by atoms with Gasteiger partial charge < -0.3 is 10.6 Å². The third kappa shape index (κ3) is 3.90. The van der Waals surface area contributed by atoms with Crippen molar-refractivity contribution in [3.8, 4) is 0 Å². The number of nitrogens with one attached hydrogen (secondary N) is 4. The smallest absolute Gasteiger partial charge is 0.333 e. The molecule has 4 amide bonds. The molecule has 4 aliphatic rings. The maximum absolute atomic E-state index is 12.9. The van der Waals surface area contributed by atoms with Crippen molar-refractivity contribution in [2.75, 3.05) is 6.54 Å². The molecule has 0 unspecified atom stereocenters. The number of rotatable bonds is 5. The fourth-order valence-electron chi connectivity index (χ4n) is 5.31. The monoisotopic (exact) mass is 350 g/mol. The van der Waals surface area contributed by atoms with E-state index in [-0.39, 0.29) is 11.3 Å². The highest BCUT2D eigenvalue weighted by atomic mass is 16.2. The van der Waals surface area contributed by atoms with E-state index >= 15 is 0 Å². The van der Waals surface area contributed by atoms with Gasteiger partial charge >= 0.3 is 6.03 Å². The molecule has 0 aromatic rings. The summed E-state index contributed by atoms with van der Waals surface area (Å²) in [5, 5.41) is 5.49. The second-order valence-corrected chi connectivity index (χ2v) is 8.26. The lowest BCUT2D eigenvalue weighted by molar-refractivity contribution is -0.148. The minimum atomic E-state index is -0.674. The van der Waals surface area contributed by atoms with E-state index in [1.807, 2.05) is 6.92 Å². The Morgan fingerprint density at radius 3 is 2.08 bits per heavy atom. The molecule has 4 aliphatic carbocycles. The Morgan fingerprint density at radius 1 is 1.00 bits per heavy atom. The third-order valence-electron chi connectivity index (χ3n) is 6.10. The van der Waals surface area contributed by atoms with Crippen LogP contribution in [0.3, 0.4) is 0 Å². The van der Waals surface area contributed by atoms with Gasteiger partial charge in [-0.2, -0.15) is 0 Å². The van der Waals surface area contributed by atoms with E-state index in [2.05, 4.69) is 21.5 Å². The average Bonchev–Trinajstić information content (AvgIpc) is 2.56. The molecule has 0 aliphatic heterocycles. The first kappa shape index (κ1) is 18.0. The standard InChI is InChI=1S/C18H30N4O3/c1-3-4-19-17(25)22-21-15(23)11(2)20-16(24)18-8-12-5-13(9-18)7-14(6-12)10-18/h11-14H,3-10H2,1-2H3,(H,20,24)(H,21,23)(H2,19,22,25)/t11-,12?,13?,14?,18?/m0/s1. The molecule has 7 nitrogen and oxygen atoms in total. The van der Waals surface area contributed by atoms with E-state index in [1.165, 1.54) is 19.3 Å². The van der Waals surface area contributed by atoms with Gasteiger partial charge in [0.1, 0.15) is 6.04 Å². The fourth-order valence-corrected chi connectivity index (χ4v) is 5.31. The van der Waals surface area contributed by atoms with Crippen LogP contribution in [-0.4, -0.2) is 30.4 Å². The van der Waals surface area contributed by atoms with Crippen LogP contribution in [0, 0.1) is 23.2 Å². The van der Waals surface area contributed by atoms with Crippen LogP contribution in [-0.2, 0) is 9.59 Å². The fraction of sp³-hybridized carbons (Fsp3) is 0.833. The zero-order valence-corrected chi connectivity index (χ0v) is 15.2. The second-order valence-electron chi connectivity index (χ2n) is 8.26. The molecule has 0 heterocycles. The van der Waals surface area contributed by atoms with Gasteiger partial charge in [-0.05, 0) is 69.6 Å². The molecule has 7 heteroatoms. The van der Waals surface area contributed by atoms with E-state index in [1.54, 1.807) is 6.92 Å². The van der Waals surface area contributed by atoms with Crippen molar-refractivity contribution in [1.82, 2.24) is 21.5 Å². The van der Waals surface area contributed by atoms with Gasteiger partial charge in [0.05, 0.1) is 0 Å². The Bertz CT molecular complexity index is 513.